The third kappa shape index (κ3) is 2.45. The first-order valence-electron chi connectivity index (χ1n) is 4.17. The van der Waals surface area contributed by atoms with Gasteiger partial charge in [-0.05, 0) is 12.1 Å². The zero-order valence-corrected chi connectivity index (χ0v) is 7.60. The van der Waals surface area contributed by atoms with E-state index in [0.29, 0.717) is 11.4 Å². The fourth-order valence-electron chi connectivity index (χ4n) is 0.919. The standard InChI is InChI=1S/C9H13N3O2/c10-6-3-1-2-4-8(6)12-9(14)7(11)5-13/h1-4,7,13H,5,10-11H2,(H,12,14). The number of aliphatic hydroxyl groups is 1. The van der Waals surface area contributed by atoms with Gasteiger partial charge in [-0.2, -0.15) is 0 Å². The molecule has 1 unspecified atom stereocenters. The molecule has 0 aliphatic rings. The van der Waals surface area contributed by atoms with Crippen LogP contribution < -0.4 is 16.8 Å². The van der Waals surface area contributed by atoms with Crippen molar-refractivity contribution in [2.75, 3.05) is 17.7 Å². The topological polar surface area (TPSA) is 101 Å². The summed E-state index contributed by atoms with van der Waals surface area (Å²) in [6.07, 6.45) is 0. The third-order valence-corrected chi connectivity index (χ3v) is 1.75. The molecular formula is C9H13N3O2. The van der Waals surface area contributed by atoms with Gasteiger partial charge in [-0.3, -0.25) is 4.79 Å². The fraction of sp³-hybridized carbons (Fsp3) is 0.222. The van der Waals surface area contributed by atoms with Gasteiger partial charge >= 0.3 is 0 Å². The Balaban J connectivity index is 2.70. The van der Waals surface area contributed by atoms with Crippen LogP contribution in [0.2, 0.25) is 0 Å². The van der Waals surface area contributed by atoms with Crippen LogP contribution in [0.1, 0.15) is 0 Å². The van der Waals surface area contributed by atoms with Crippen molar-refractivity contribution < 1.29 is 9.90 Å². The average Bonchev–Trinajstić information content (AvgIpc) is 2.20. The van der Waals surface area contributed by atoms with E-state index in [1.165, 1.54) is 0 Å². The molecule has 0 aliphatic heterocycles. The summed E-state index contributed by atoms with van der Waals surface area (Å²) in [5.41, 5.74) is 11.9. The summed E-state index contributed by atoms with van der Waals surface area (Å²) in [6.45, 7) is -0.390. The summed E-state index contributed by atoms with van der Waals surface area (Å²) in [5.74, 6) is -0.453. The Morgan fingerprint density at radius 3 is 2.71 bits per heavy atom. The SMILES string of the molecule is Nc1ccccc1NC(=O)C(N)CO. The van der Waals surface area contributed by atoms with E-state index in [4.69, 9.17) is 16.6 Å². The Bertz CT molecular complexity index is 328. The Morgan fingerprint density at radius 1 is 1.50 bits per heavy atom. The molecule has 1 amide bonds. The van der Waals surface area contributed by atoms with Crippen molar-refractivity contribution in [3.8, 4) is 0 Å². The van der Waals surface area contributed by atoms with Gasteiger partial charge in [0, 0.05) is 0 Å². The minimum Gasteiger partial charge on any atom is -0.397 e. The first-order chi connectivity index (χ1) is 6.65. The molecule has 14 heavy (non-hydrogen) atoms. The second kappa shape index (κ2) is 4.59. The number of aliphatic hydroxyl groups excluding tert-OH is 1. The predicted octanol–water partition coefficient (Wildman–Crippen LogP) is -0.473. The van der Waals surface area contributed by atoms with Crippen LogP contribution in [0.4, 0.5) is 11.4 Å². The first-order valence-corrected chi connectivity index (χ1v) is 4.17. The largest absolute Gasteiger partial charge is 0.397 e. The van der Waals surface area contributed by atoms with Crippen LogP contribution in [0.5, 0.6) is 0 Å². The van der Waals surface area contributed by atoms with Crippen LogP contribution >= 0.6 is 0 Å². The summed E-state index contributed by atoms with van der Waals surface area (Å²) in [6, 6.07) is 5.92. The number of rotatable bonds is 3. The minimum atomic E-state index is -0.922. The number of nitrogens with one attached hydrogen (secondary N) is 1. The average molecular weight is 195 g/mol. The summed E-state index contributed by atoms with van der Waals surface area (Å²) >= 11 is 0. The number of hydrogen-bond donors (Lipinski definition) is 4. The van der Waals surface area contributed by atoms with Gasteiger partial charge < -0.3 is 21.9 Å². The highest BCUT2D eigenvalue weighted by molar-refractivity contribution is 5.97. The van der Waals surface area contributed by atoms with Crippen molar-refractivity contribution in [1.82, 2.24) is 0 Å². The lowest BCUT2D eigenvalue weighted by molar-refractivity contribution is -0.118. The van der Waals surface area contributed by atoms with Crippen LogP contribution in [0.25, 0.3) is 0 Å². The number of carbonyl (C=O) groups is 1. The molecule has 5 heteroatoms. The fourth-order valence-corrected chi connectivity index (χ4v) is 0.919. The summed E-state index contributed by atoms with van der Waals surface area (Å²) < 4.78 is 0. The Kier molecular flexibility index (Phi) is 3.44. The van der Waals surface area contributed by atoms with Gasteiger partial charge in [-0.15, -0.1) is 0 Å². The lowest BCUT2D eigenvalue weighted by Gasteiger charge is -2.10. The molecule has 0 heterocycles. The molecule has 0 aliphatic carbocycles. The Hall–Kier alpha value is -1.59. The number of nitrogens with two attached hydrogens (primary N) is 2. The van der Waals surface area contributed by atoms with Gasteiger partial charge in [-0.1, -0.05) is 12.1 Å². The number of amides is 1. The zero-order chi connectivity index (χ0) is 10.6. The maximum Gasteiger partial charge on any atom is 0.243 e. The summed E-state index contributed by atoms with van der Waals surface area (Å²) in [7, 11) is 0. The predicted molar refractivity (Wildman–Crippen MR) is 54.5 cm³/mol. The molecule has 0 radical (unpaired) electrons. The number of para-hydroxylation sites is 2. The molecule has 1 aromatic carbocycles. The van der Waals surface area contributed by atoms with Gasteiger partial charge in [0.05, 0.1) is 18.0 Å². The number of hydrogen-bond acceptors (Lipinski definition) is 4. The van der Waals surface area contributed by atoms with Crippen molar-refractivity contribution in [2.45, 2.75) is 6.04 Å². The Morgan fingerprint density at radius 2 is 2.14 bits per heavy atom. The van der Waals surface area contributed by atoms with Crippen molar-refractivity contribution in [1.29, 1.82) is 0 Å². The van der Waals surface area contributed by atoms with Crippen LogP contribution in [-0.4, -0.2) is 23.7 Å². The number of nitrogen functional groups attached to an aromatic ring is 1. The second-order valence-corrected chi connectivity index (χ2v) is 2.87. The molecular weight excluding hydrogens is 182 g/mol. The third-order valence-electron chi connectivity index (χ3n) is 1.75. The van der Waals surface area contributed by atoms with Crippen molar-refractivity contribution in [3.63, 3.8) is 0 Å². The van der Waals surface area contributed by atoms with Crippen molar-refractivity contribution >= 4 is 17.3 Å². The van der Waals surface area contributed by atoms with E-state index in [1.807, 2.05) is 0 Å². The monoisotopic (exact) mass is 195 g/mol. The molecule has 5 nitrogen and oxygen atoms in total. The van der Waals surface area contributed by atoms with Crippen LogP contribution in [-0.2, 0) is 4.79 Å². The number of benzene rings is 1. The molecule has 76 valence electrons. The smallest absolute Gasteiger partial charge is 0.243 e. The van der Waals surface area contributed by atoms with E-state index in [2.05, 4.69) is 5.32 Å². The lowest BCUT2D eigenvalue weighted by atomic mass is 10.2. The number of carbonyl (C=O) groups excluding carboxylic acids is 1. The number of anilines is 2. The molecule has 0 aromatic heterocycles. The van der Waals surface area contributed by atoms with Crippen molar-refractivity contribution in [3.05, 3.63) is 24.3 Å². The maximum absolute atomic E-state index is 11.2. The van der Waals surface area contributed by atoms with E-state index in [0.717, 1.165) is 0 Å². The second-order valence-electron chi connectivity index (χ2n) is 2.87. The molecule has 0 bridgehead atoms. The molecule has 0 spiro atoms. The van der Waals surface area contributed by atoms with E-state index in [1.54, 1.807) is 24.3 Å². The van der Waals surface area contributed by atoms with Gasteiger partial charge in [0.15, 0.2) is 0 Å². The first kappa shape index (κ1) is 10.5. The molecule has 6 N–H and O–H groups in total. The highest BCUT2D eigenvalue weighted by Gasteiger charge is 2.12. The normalized spacial score (nSPS) is 12.1. The molecule has 1 atom stereocenters. The summed E-state index contributed by atoms with van der Waals surface area (Å²) in [4.78, 5) is 11.2. The highest BCUT2D eigenvalue weighted by Crippen LogP contribution is 2.16. The molecule has 0 saturated carbocycles. The van der Waals surface area contributed by atoms with E-state index in [9.17, 15) is 4.79 Å². The quantitative estimate of drug-likeness (QED) is 0.489. The van der Waals surface area contributed by atoms with Gasteiger partial charge in [0.2, 0.25) is 5.91 Å². The molecule has 1 rings (SSSR count). The van der Waals surface area contributed by atoms with E-state index < -0.39 is 18.6 Å². The van der Waals surface area contributed by atoms with Crippen molar-refractivity contribution in [2.24, 2.45) is 5.73 Å². The van der Waals surface area contributed by atoms with E-state index >= 15 is 0 Å². The molecule has 0 fully saturated rings. The minimum absolute atomic E-state index is 0.390. The van der Waals surface area contributed by atoms with Gasteiger partial charge in [0.25, 0.3) is 0 Å². The Labute approximate surface area is 81.7 Å². The summed E-state index contributed by atoms with van der Waals surface area (Å²) in [5, 5.41) is 11.1. The highest BCUT2D eigenvalue weighted by atomic mass is 16.3. The lowest BCUT2D eigenvalue weighted by Crippen LogP contribution is -2.38. The molecule has 0 saturated heterocycles. The molecule has 1 aromatic rings. The zero-order valence-electron chi connectivity index (χ0n) is 7.60. The van der Waals surface area contributed by atoms with Crippen LogP contribution in [0, 0.1) is 0 Å². The van der Waals surface area contributed by atoms with Gasteiger partial charge in [0.1, 0.15) is 6.04 Å². The maximum atomic E-state index is 11.2. The van der Waals surface area contributed by atoms with Crippen LogP contribution in [0.3, 0.4) is 0 Å². The van der Waals surface area contributed by atoms with Gasteiger partial charge in [-0.25, -0.2) is 0 Å². The van der Waals surface area contributed by atoms with Crippen LogP contribution in [0.15, 0.2) is 24.3 Å². The van der Waals surface area contributed by atoms with E-state index in [-0.39, 0.29) is 0 Å².